The highest BCUT2D eigenvalue weighted by atomic mass is 19.2. The molecule has 1 aliphatic rings. The van der Waals surface area contributed by atoms with Gasteiger partial charge in [-0.2, -0.15) is 0 Å². The number of rotatable bonds is 7. The Bertz CT molecular complexity index is 1030. The van der Waals surface area contributed by atoms with Crippen molar-refractivity contribution < 1.29 is 13.6 Å². The molecule has 5 nitrogen and oxygen atoms in total. The summed E-state index contributed by atoms with van der Waals surface area (Å²) in [5, 5.41) is 3.06. The van der Waals surface area contributed by atoms with Crippen LogP contribution >= 0.6 is 0 Å². The summed E-state index contributed by atoms with van der Waals surface area (Å²) in [4.78, 5) is 21.4. The Kier molecular flexibility index (Phi) is 6.35. The van der Waals surface area contributed by atoms with Crippen molar-refractivity contribution in [1.82, 2.24) is 19.9 Å². The van der Waals surface area contributed by atoms with E-state index in [4.69, 9.17) is 0 Å². The van der Waals surface area contributed by atoms with E-state index in [0.29, 0.717) is 42.3 Å². The first-order valence-corrected chi connectivity index (χ1v) is 10.6. The van der Waals surface area contributed by atoms with E-state index in [1.165, 1.54) is 38.2 Å². The number of benzene rings is 1. The number of pyridine rings is 1. The van der Waals surface area contributed by atoms with Gasteiger partial charge in [0.1, 0.15) is 11.3 Å². The number of hydrogen-bond acceptors (Lipinski definition) is 3. The summed E-state index contributed by atoms with van der Waals surface area (Å²) < 4.78 is 28.8. The number of amides is 1. The Labute approximate surface area is 174 Å². The maximum absolute atomic E-state index is 13.6. The summed E-state index contributed by atoms with van der Waals surface area (Å²) in [7, 11) is 0. The molecule has 0 unspecified atom stereocenters. The molecule has 0 radical (unpaired) electrons. The number of nitrogens with zero attached hydrogens (tertiary/aromatic N) is 3. The van der Waals surface area contributed by atoms with Gasteiger partial charge >= 0.3 is 0 Å². The number of nitrogens with one attached hydrogen (secondary N) is 1. The van der Waals surface area contributed by atoms with E-state index in [1.54, 1.807) is 18.3 Å². The third kappa shape index (κ3) is 4.83. The lowest BCUT2D eigenvalue weighted by Gasteiger charge is -2.21. The minimum Gasteiger partial charge on any atom is -0.356 e. The lowest BCUT2D eigenvalue weighted by Crippen LogP contribution is -2.30. The zero-order chi connectivity index (χ0) is 20.9. The zero-order valence-corrected chi connectivity index (χ0v) is 16.9. The van der Waals surface area contributed by atoms with Gasteiger partial charge in [0.05, 0.1) is 6.54 Å². The van der Waals surface area contributed by atoms with Crippen molar-refractivity contribution in [3.05, 3.63) is 59.6 Å². The second-order valence-corrected chi connectivity index (χ2v) is 8.02. The monoisotopic (exact) mass is 412 g/mol. The lowest BCUT2D eigenvalue weighted by atomic mass is 9.89. The molecule has 1 N–H and O–H groups in total. The maximum atomic E-state index is 13.6. The second kappa shape index (κ2) is 9.32. The average Bonchev–Trinajstić information content (AvgIpc) is 3.11. The third-order valence-corrected chi connectivity index (χ3v) is 5.80. The van der Waals surface area contributed by atoms with E-state index in [9.17, 15) is 13.6 Å². The Balaban J connectivity index is 1.45. The molecule has 0 atom stereocenters. The van der Waals surface area contributed by atoms with Gasteiger partial charge in [-0.25, -0.2) is 18.7 Å². The van der Waals surface area contributed by atoms with Crippen LogP contribution in [-0.4, -0.2) is 27.0 Å². The van der Waals surface area contributed by atoms with Crippen LogP contribution in [0.2, 0.25) is 0 Å². The highest BCUT2D eigenvalue weighted by molar-refractivity contribution is 5.76. The molecule has 1 amide bonds. The van der Waals surface area contributed by atoms with Crippen molar-refractivity contribution in [3.63, 3.8) is 0 Å². The molecule has 4 rings (SSSR count). The predicted molar refractivity (Wildman–Crippen MR) is 111 cm³/mol. The number of hydrogen-bond donors (Lipinski definition) is 1. The molecular formula is C23H26F2N4O. The molecule has 7 heteroatoms. The number of carbonyl (C=O) groups is 1. The van der Waals surface area contributed by atoms with Gasteiger partial charge in [0.15, 0.2) is 17.3 Å². The zero-order valence-electron chi connectivity index (χ0n) is 16.9. The summed E-state index contributed by atoms with van der Waals surface area (Å²) in [6.45, 7) is 1.05. The largest absolute Gasteiger partial charge is 0.356 e. The van der Waals surface area contributed by atoms with Crippen LogP contribution in [0.1, 0.15) is 49.9 Å². The van der Waals surface area contributed by atoms with Crippen LogP contribution in [0.15, 0.2) is 36.5 Å². The molecule has 3 aromatic rings. The molecule has 2 aromatic heterocycles. The summed E-state index contributed by atoms with van der Waals surface area (Å²) in [6.07, 6.45) is 8.64. The molecule has 0 saturated heterocycles. The van der Waals surface area contributed by atoms with Crippen molar-refractivity contribution in [1.29, 1.82) is 0 Å². The summed E-state index contributed by atoms with van der Waals surface area (Å²) in [5.74, 6) is -0.443. The number of aryl methyl sites for hydroxylation is 1. The standard InChI is InChI=1S/C23H26F2N4O/c24-18-9-8-17(13-19(18)25)15-29-21(28-20-7-4-12-26-23(20)29)10-11-22(30)27-14-16-5-2-1-3-6-16/h4,7-9,12-13,16H,1-3,5-6,10-11,14-15H2,(H,27,30). The lowest BCUT2D eigenvalue weighted by molar-refractivity contribution is -0.121. The van der Waals surface area contributed by atoms with E-state index in [1.807, 2.05) is 10.6 Å². The smallest absolute Gasteiger partial charge is 0.220 e. The van der Waals surface area contributed by atoms with Gasteiger partial charge in [0.25, 0.3) is 0 Å². The molecule has 0 spiro atoms. The van der Waals surface area contributed by atoms with E-state index in [-0.39, 0.29) is 5.91 Å². The Morgan fingerprint density at radius 1 is 1.13 bits per heavy atom. The Morgan fingerprint density at radius 2 is 1.97 bits per heavy atom. The second-order valence-electron chi connectivity index (χ2n) is 8.02. The van der Waals surface area contributed by atoms with Gasteiger partial charge in [-0.05, 0) is 48.6 Å². The van der Waals surface area contributed by atoms with Crippen LogP contribution in [0.3, 0.4) is 0 Å². The van der Waals surface area contributed by atoms with Crippen LogP contribution < -0.4 is 5.32 Å². The highest BCUT2D eigenvalue weighted by Gasteiger charge is 2.16. The minimum absolute atomic E-state index is 0.0139. The van der Waals surface area contributed by atoms with Crippen molar-refractivity contribution in [2.45, 2.75) is 51.5 Å². The van der Waals surface area contributed by atoms with Crippen LogP contribution in [0.5, 0.6) is 0 Å². The minimum atomic E-state index is -0.881. The van der Waals surface area contributed by atoms with Gasteiger partial charge in [0.2, 0.25) is 5.91 Å². The molecule has 1 aromatic carbocycles. The predicted octanol–water partition coefficient (Wildman–Crippen LogP) is 4.39. The molecule has 2 heterocycles. The van der Waals surface area contributed by atoms with Gasteiger partial charge in [-0.3, -0.25) is 4.79 Å². The number of carbonyl (C=O) groups excluding carboxylic acids is 1. The molecule has 1 saturated carbocycles. The van der Waals surface area contributed by atoms with Crippen LogP contribution in [0, 0.1) is 17.6 Å². The van der Waals surface area contributed by atoms with Crippen LogP contribution in [0.4, 0.5) is 8.78 Å². The van der Waals surface area contributed by atoms with Gasteiger partial charge in [0, 0.05) is 25.6 Å². The topological polar surface area (TPSA) is 59.8 Å². The first-order chi connectivity index (χ1) is 14.6. The first-order valence-electron chi connectivity index (χ1n) is 10.6. The number of aromatic nitrogens is 3. The van der Waals surface area contributed by atoms with Gasteiger partial charge < -0.3 is 9.88 Å². The average molecular weight is 412 g/mol. The van der Waals surface area contributed by atoms with Crippen molar-refractivity contribution >= 4 is 17.1 Å². The summed E-state index contributed by atoms with van der Waals surface area (Å²) >= 11 is 0. The summed E-state index contributed by atoms with van der Waals surface area (Å²) in [6, 6.07) is 7.52. The van der Waals surface area contributed by atoms with E-state index < -0.39 is 11.6 Å². The van der Waals surface area contributed by atoms with Crippen LogP contribution in [0.25, 0.3) is 11.2 Å². The van der Waals surface area contributed by atoms with Crippen molar-refractivity contribution in [2.75, 3.05) is 6.54 Å². The highest BCUT2D eigenvalue weighted by Crippen LogP contribution is 2.23. The number of fused-ring (bicyclic) bond motifs is 1. The Morgan fingerprint density at radius 3 is 2.77 bits per heavy atom. The van der Waals surface area contributed by atoms with E-state index >= 15 is 0 Å². The molecule has 1 fully saturated rings. The quantitative estimate of drug-likeness (QED) is 0.626. The molecule has 0 bridgehead atoms. The fourth-order valence-corrected chi connectivity index (χ4v) is 4.15. The van der Waals surface area contributed by atoms with Crippen molar-refractivity contribution in [3.8, 4) is 0 Å². The Hall–Kier alpha value is -2.83. The third-order valence-electron chi connectivity index (χ3n) is 5.80. The SMILES string of the molecule is O=C(CCc1nc2cccnc2n1Cc1ccc(F)c(F)c1)NCC1CCCCC1. The normalized spacial score (nSPS) is 14.9. The molecule has 158 valence electrons. The fourth-order valence-electron chi connectivity index (χ4n) is 4.15. The molecular weight excluding hydrogens is 386 g/mol. The molecule has 0 aliphatic heterocycles. The van der Waals surface area contributed by atoms with Crippen molar-refractivity contribution in [2.24, 2.45) is 5.92 Å². The summed E-state index contributed by atoms with van der Waals surface area (Å²) in [5.41, 5.74) is 2.00. The number of imidazole rings is 1. The fraction of sp³-hybridized carbons (Fsp3) is 0.435. The molecule has 30 heavy (non-hydrogen) atoms. The van der Waals surface area contributed by atoms with Crippen LogP contribution in [-0.2, 0) is 17.8 Å². The number of halogens is 2. The first kappa shape index (κ1) is 20.4. The molecule has 1 aliphatic carbocycles. The van der Waals surface area contributed by atoms with Gasteiger partial charge in [-0.15, -0.1) is 0 Å². The maximum Gasteiger partial charge on any atom is 0.220 e. The van der Waals surface area contributed by atoms with Gasteiger partial charge in [-0.1, -0.05) is 25.3 Å². The van der Waals surface area contributed by atoms with E-state index in [2.05, 4.69) is 15.3 Å². The van der Waals surface area contributed by atoms with E-state index in [0.717, 1.165) is 18.1 Å².